The smallest absolute Gasteiger partial charge is 0.231 e. The van der Waals surface area contributed by atoms with E-state index in [0.29, 0.717) is 5.02 Å². The molecule has 1 amide bonds. The van der Waals surface area contributed by atoms with Gasteiger partial charge in [0.05, 0.1) is 19.0 Å². The fourth-order valence-electron chi connectivity index (χ4n) is 1.94. The van der Waals surface area contributed by atoms with Gasteiger partial charge in [-0.3, -0.25) is 9.59 Å². The maximum Gasteiger partial charge on any atom is 0.231 e. The van der Waals surface area contributed by atoms with Crippen LogP contribution in [0.5, 0.6) is 0 Å². The fraction of sp³-hybridized carbons (Fsp3) is 0.333. The SMILES string of the molecule is CC(c1ccccc1Cl)N1CC(=O)CC1=O. The zero-order valence-electron chi connectivity index (χ0n) is 8.94. The third-order valence-corrected chi connectivity index (χ3v) is 3.18. The predicted octanol–water partition coefficient (Wildman–Crippen LogP) is 2.20. The normalized spacial score (nSPS) is 18.0. The molecule has 0 bridgehead atoms. The lowest BCUT2D eigenvalue weighted by Gasteiger charge is -2.24. The van der Waals surface area contributed by atoms with Crippen molar-refractivity contribution < 1.29 is 9.59 Å². The van der Waals surface area contributed by atoms with Gasteiger partial charge in [-0.1, -0.05) is 29.8 Å². The molecule has 3 nitrogen and oxygen atoms in total. The molecule has 0 radical (unpaired) electrons. The average molecular weight is 238 g/mol. The summed E-state index contributed by atoms with van der Waals surface area (Å²) in [7, 11) is 0. The minimum absolute atomic E-state index is 0.0226. The highest BCUT2D eigenvalue weighted by atomic mass is 35.5. The Balaban J connectivity index is 2.26. The second-order valence-electron chi connectivity index (χ2n) is 3.93. The van der Waals surface area contributed by atoms with Gasteiger partial charge >= 0.3 is 0 Å². The highest BCUT2D eigenvalue weighted by Gasteiger charge is 2.32. The highest BCUT2D eigenvalue weighted by molar-refractivity contribution is 6.31. The van der Waals surface area contributed by atoms with E-state index in [0.717, 1.165) is 5.56 Å². The molecule has 84 valence electrons. The van der Waals surface area contributed by atoms with E-state index in [9.17, 15) is 9.59 Å². The number of nitrogens with zero attached hydrogens (tertiary/aromatic N) is 1. The molecular formula is C12H12ClNO2. The second-order valence-corrected chi connectivity index (χ2v) is 4.34. The first kappa shape index (κ1) is 11.1. The Morgan fingerprint density at radius 1 is 1.31 bits per heavy atom. The summed E-state index contributed by atoms with van der Waals surface area (Å²) < 4.78 is 0. The number of halogens is 1. The van der Waals surface area contributed by atoms with E-state index in [1.54, 1.807) is 11.0 Å². The van der Waals surface area contributed by atoms with Crippen LogP contribution in [-0.2, 0) is 9.59 Å². The zero-order chi connectivity index (χ0) is 11.7. The van der Waals surface area contributed by atoms with Crippen molar-refractivity contribution in [2.45, 2.75) is 19.4 Å². The predicted molar refractivity (Wildman–Crippen MR) is 61.2 cm³/mol. The van der Waals surface area contributed by atoms with Gasteiger partial charge in [0.25, 0.3) is 0 Å². The molecule has 1 unspecified atom stereocenters. The van der Waals surface area contributed by atoms with Crippen LogP contribution < -0.4 is 0 Å². The molecule has 2 rings (SSSR count). The Morgan fingerprint density at radius 3 is 2.56 bits per heavy atom. The minimum atomic E-state index is -0.146. The van der Waals surface area contributed by atoms with Crippen LogP contribution in [-0.4, -0.2) is 23.1 Å². The summed E-state index contributed by atoms with van der Waals surface area (Å²) >= 11 is 6.06. The van der Waals surface area contributed by atoms with Gasteiger partial charge in [0.15, 0.2) is 5.78 Å². The largest absolute Gasteiger partial charge is 0.328 e. The molecule has 0 aliphatic carbocycles. The van der Waals surface area contributed by atoms with E-state index in [1.165, 1.54) is 0 Å². The first-order valence-electron chi connectivity index (χ1n) is 5.15. The van der Waals surface area contributed by atoms with Crippen molar-refractivity contribution in [3.05, 3.63) is 34.9 Å². The lowest BCUT2D eigenvalue weighted by Crippen LogP contribution is -2.28. The Labute approximate surface area is 99.0 Å². The van der Waals surface area contributed by atoms with Crippen molar-refractivity contribution in [2.24, 2.45) is 0 Å². The van der Waals surface area contributed by atoms with Crippen LogP contribution in [0.25, 0.3) is 0 Å². The average Bonchev–Trinajstić information content (AvgIpc) is 2.58. The molecule has 1 atom stereocenters. The van der Waals surface area contributed by atoms with Crippen molar-refractivity contribution in [2.75, 3.05) is 6.54 Å². The van der Waals surface area contributed by atoms with Gasteiger partial charge in [0, 0.05) is 5.02 Å². The zero-order valence-corrected chi connectivity index (χ0v) is 9.70. The van der Waals surface area contributed by atoms with Gasteiger partial charge in [-0.15, -0.1) is 0 Å². The molecule has 0 aromatic heterocycles. The third-order valence-electron chi connectivity index (χ3n) is 2.84. The van der Waals surface area contributed by atoms with Crippen LogP contribution in [0.1, 0.15) is 24.9 Å². The van der Waals surface area contributed by atoms with Crippen LogP contribution >= 0.6 is 11.6 Å². The Hall–Kier alpha value is -1.35. The highest BCUT2D eigenvalue weighted by Crippen LogP contribution is 2.29. The lowest BCUT2D eigenvalue weighted by atomic mass is 10.1. The molecule has 1 heterocycles. The van der Waals surface area contributed by atoms with Crippen LogP contribution in [0.3, 0.4) is 0 Å². The fourth-order valence-corrected chi connectivity index (χ4v) is 2.23. The summed E-state index contributed by atoms with van der Waals surface area (Å²) in [6, 6.07) is 7.24. The van der Waals surface area contributed by atoms with Crippen molar-refractivity contribution in [3.63, 3.8) is 0 Å². The number of hydrogen-bond acceptors (Lipinski definition) is 2. The summed E-state index contributed by atoms with van der Waals surface area (Å²) in [6.07, 6.45) is 0.0226. The molecule has 0 spiro atoms. The Kier molecular flexibility index (Phi) is 2.97. The molecule has 1 fully saturated rings. The van der Waals surface area contributed by atoms with E-state index < -0.39 is 0 Å². The van der Waals surface area contributed by atoms with E-state index >= 15 is 0 Å². The van der Waals surface area contributed by atoms with E-state index in [-0.39, 0.29) is 30.7 Å². The number of amides is 1. The van der Waals surface area contributed by atoms with Gasteiger partial charge in [-0.05, 0) is 18.6 Å². The summed E-state index contributed by atoms with van der Waals surface area (Å²) in [5.41, 5.74) is 0.882. The van der Waals surface area contributed by atoms with Crippen LogP contribution in [0.2, 0.25) is 5.02 Å². The van der Waals surface area contributed by atoms with Gasteiger partial charge < -0.3 is 4.90 Å². The van der Waals surface area contributed by atoms with Gasteiger partial charge in [0.1, 0.15) is 0 Å². The summed E-state index contributed by atoms with van der Waals surface area (Å²) in [6.45, 7) is 2.09. The Bertz CT molecular complexity index is 444. The number of hydrogen-bond donors (Lipinski definition) is 0. The monoisotopic (exact) mass is 237 g/mol. The molecule has 0 saturated carbocycles. The third kappa shape index (κ3) is 1.95. The van der Waals surface area contributed by atoms with Crippen molar-refractivity contribution in [3.8, 4) is 0 Å². The van der Waals surface area contributed by atoms with Crippen LogP contribution in [0, 0.1) is 0 Å². The summed E-state index contributed by atoms with van der Waals surface area (Å²) in [4.78, 5) is 24.3. The number of carbonyl (C=O) groups excluding carboxylic acids is 2. The molecule has 1 aliphatic heterocycles. The molecule has 1 aliphatic rings. The number of Topliss-reactive ketones (excluding diaryl/α,β-unsaturated/α-hetero) is 1. The minimum Gasteiger partial charge on any atom is -0.328 e. The first-order chi connectivity index (χ1) is 7.59. The van der Waals surface area contributed by atoms with Crippen LogP contribution in [0.4, 0.5) is 0 Å². The maximum absolute atomic E-state index is 11.6. The van der Waals surface area contributed by atoms with Gasteiger partial charge in [-0.2, -0.15) is 0 Å². The number of rotatable bonds is 2. The first-order valence-corrected chi connectivity index (χ1v) is 5.53. The van der Waals surface area contributed by atoms with Gasteiger partial charge in [-0.25, -0.2) is 0 Å². The number of ketones is 1. The van der Waals surface area contributed by atoms with E-state index in [4.69, 9.17) is 11.6 Å². The molecular weight excluding hydrogens is 226 g/mol. The lowest BCUT2D eigenvalue weighted by molar-refractivity contribution is -0.129. The van der Waals surface area contributed by atoms with E-state index in [1.807, 2.05) is 25.1 Å². The summed E-state index contributed by atoms with van der Waals surface area (Å²) in [5.74, 6) is -0.138. The molecule has 4 heteroatoms. The molecule has 1 aromatic rings. The quantitative estimate of drug-likeness (QED) is 0.740. The number of likely N-dealkylation sites (tertiary alicyclic amines) is 1. The van der Waals surface area contributed by atoms with Gasteiger partial charge in [0.2, 0.25) is 5.91 Å². The van der Waals surface area contributed by atoms with E-state index in [2.05, 4.69) is 0 Å². The molecule has 1 aromatic carbocycles. The number of carbonyl (C=O) groups is 2. The molecule has 1 saturated heterocycles. The second kappa shape index (κ2) is 4.26. The number of benzene rings is 1. The van der Waals surface area contributed by atoms with Crippen molar-refractivity contribution >= 4 is 23.3 Å². The maximum atomic E-state index is 11.6. The molecule has 0 N–H and O–H groups in total. The topological polar surface area (TPSA) is 37.4 Å². The Morgan fingerprint density at radius 2 is 2.00 bits per heavy atom. The van der Waals surface area contributed by atoms with Crippen molar-refractivity contribution in [1.82, 2.24) is 4.90 Å². The standard InChI is InChI=1S/C12H12ClNO2/c1-8(10-4-2-3-5-11(10)13)14-7-9(15)6-12(14)16/h2-5,8H,6-7H2,1H3. The molecule has 16 heavy (non-hydrogen) atoms. The van der Waals surface area contributed by atoms with Crippen molar-refractivity contribution in [1.29, 1.82) is 0 Å². The summed E-state index contributed by atoms with van der Waals surface area (Å²) in [5, 5.41) is 0.627. The van der Waals surface area contributed by atoms with Crippen LogP contribution in [0.15, 0.2) is 24.3 Å².